The Morgan fingerprint density at radius 3 is 2.10 bits per heavy atom. The highest BCUT2D eigenvalue weighted by molar-refractivity contribution is 5.82. The Labute approximate surface area is 240 Å². The fourth-order valence-corrected chi connectivity index (χ4v) is 5.20. The SMILES string of the molecule is N=C(N)CCC(O)C(=O)N[C@@H]1C[C@H](N)[C@@H](O[C@H]2O[C@H](CN)[C@@H](O)[C@H](O)[C@H]2O)[C@H](O)[C@H]1O[C@H]1O[C@H](CO)[C@@H](O)[C@H](N)[C@H]1O. The van der Waals surface area contributed by atoms with Gasteiger partial charge in [-0.2, -0.15) is 0 Å². The van der Waals surface area contributed by atoms with Crippen molar-refractivity contribution in [1.29, 1.82) is 5.41 Å². The number of aliphatic hydroxyl groups excluding tert-OH is 8. The zero-order valence-electron chi connectivity index (χ0n) is 22.7. The summed E-state index contributed by atoms with van der Waals surface area (Å²) in [6.45, 7) is -0.938. The Balaban J connectivity index is 1.84. The molecule has 2 saturated heterocycles. The van der Waals surface area contributed by atoms with Crippen molar-refractivity contribution >= 4 is 11.7 Å². The molecule has 244 valence electrons. The summed E-state index contributed by atoms with van der Waals surface area (Å²) < 4.78 is 22.5. The largest absolute Gasteiger partial charge is 0.394 e. The van der Waals surface area contributed by atoms with Gasteiger partial charge in [0.2, 0.25) is 5.91 Å². The topological polar surface area (TPSA) is 356 Å². The highest BCUT2D eigenvalue weighted by atomic mass is 16.7. The van der Waals surface area contributed by atoms with Gasteiger partial charge in [0.15, 0.2) is 12.6 Å². The van der Waals surface area contributed by atoms with Crippen LogP contribution in [0.4, 0.5) is 0 Å². The molecular formula is C23H44N6O13. The van der Waals surface area contributed by atoms with Gasteiger partial charge in [-0.05, 0) is 12.8 Å². The highest BCUT2D eigenvalue weighted by Crippen LogP contribution is 2.32. The summed E-state index contributed by atoms with van der Waals surface area (Å²) in [7, 11) is 0. The summed E-state index contributed by atoms with van der Waals surface area (Å²) in [5.41, 5.74) is 23.0. The molecule has 0 bridgehead atoms. The van der Waals surface area contributed by atoms with Crippen molar-refractivity contribution in [3.8, 4) is 0 Å². The normalized spacial score (nSPS) is 45.3. The fraction of sp³-hybridized carbons (Fsp3) is 0.913. The minimum Gasteiger partial charge on any atom is -0.394 e. The number of aliphatic hydroxyl groups is 8. The summed E-state index contributed by atoms with van der Waals surface area (Å²) >= 11 is 0. The van der Waals surface area contributed by atoms with Crippen LogP contribution in [0.1, 0.15) is 19.3 Å². The molecular weight excluding hydrogens is 568 g/mol. The molecule has 0 aromatic heterocycles. The minimum atomic E-state index is -1.77. The van der Waals surface area contributed by atoms with Gasteiger partial charge in [0.05, 0.1) is 24.5 Å². The number of amidine groups is 1. The zero-order chi connectivity index (χ0) is 31.5. The second kappa shape index (κ2) is 14.9. The van der Waals surface area contributed by atoms with Gasteiger partial charge < -0.3 is 88.1 Å². The smallest absolute Gasteiger partial charge is 0.249 e. The van der Waals surface area contributed by atoms with Crippen LogP contribution in [0.3, 0.4) is 0 Å². The van der Waals surface area contributed by atoms with Gasteiger partial charge in [0.1, 0.15) is 67.1 Å². The molecule has 1 aliphatic carbocycles. The van der Waals surface area contributed by atoms with Gasteiger partial charge in [-0.3, -0.25) is 10.2 Å². The van der Waals surface area contributed by atoms with E-state index in [0.717, 1.165) is 0 Å². The lowest BCUT2D eigenvalue weighted by Gasteiger charge is -2.49. The number of rotatable bonds is 11. The Morgan fingerprint density at radius 1 is 0.905 bits per heavy atom. The summed E-state index contributed by atoms with van der Waals surface area (Å²) in [5.74, 6) is -1.16. The van der Waals surface area contributed by atoms with Crippen molar-refractivity contribution in [2.24, 2.45) is 22.9 Å². The monoisotopic (exact) mass is 612 g/mol. The highest BCUT2D eigenvalue weighted by Gasteiger charge is 2.52. The molecule has 16 atom stereocenters. The number of amides is 1. The molecule has 1 unspecified atom stereocenters. The van der Waals surface area contributed by atoms with Gasteiger partial charge >= 0.3 is 0 Å². The van der Waals surface area contributed by atoms with E-state index in [0.29, 0.717) is 0 Å². The Bertz CT molecular complexity index is 905. The van der Waals surface area contributed by atoms with Crippen LogP contribution in [0.15, 0.2) is 0 Å². The van der Waals surface area contributed by atoms with E-state index in [9.17, 15) is 45.6 Å². The third kappa shape index (κ3) is 7.70. The van der Waals surface area contributed by atoms with Crippen LogP contribution in [0.5, 0.6) is 0 Å². The molecule has 18 N–H and O–H groups in total. The van der Waals surface area contributed by atoms with E-state index in [-0.39, 0.29) is 31.6 Å². The van der Waals surface area contributed by atoms with Crippen LogP contribution >= 0.6 is 0 Å². The molecule has 19 nitrogen and oxygen atoms in total. The summed E-state index contributed by atoms with van der Waals surface area (Å²) in [5, 5.41) is 92.5. The molecule has 1 saturated carbocycles. The molecule has 0 radical (unpaired) electrons. The average molecular weight is 613 g/mol. The second-order valence-corrected chi connectivity index (χ2v) is 10.8. The number of hydrogen-bond donors (Lipinski definition) is 14. The van der Waals surface area contributed by atoms with Gasteiger partial charge in [-0.15, -0.1) is 0 Å². The van der Waals surface area contributed by atoms with Crippen molar-refractivity contribution in [3.63, 3.8) is 0 Å². The number of ether oxygens (including phenoxy) is 4. The maximum atomic E-state index is 12.7. The number of carbonyl (C=O) groups is 1. The first kappa shape index (κ1) is 34.8. The maximum absolute atomic E-state index is 12.7. The molecule has 0 spiro atoms. The van der Waals surface area contributed by atoms with Crippen LogP contribution in [0.25, 0.3) is 0 Å². The van der Waals surface area contributed by atoms with Gasteiger partial charge in [-0.25, -0.2) is 0 Å². The zero-order valence-corrected chi connectivity index (χ0v) is 22.7. The van der Waals surface area contributed by atoms with E-state index in [2.05, 4.69) is 5.32 Å². The molecule has 2 aliphatic heterocycles. The molecule has 1 amide bonds. The van der Waals surface area contributed by atoms with Crippen molar-refractivity contribution < 1.29 is 64.6 Å². The lowest BCUT2D eigenvalue weighted by molar-refractivity contribution is -0.332. The molecule has 0 aromatic carbocycles. The molecule has 3 aliphatic rings. The Kier molecular flexibility index (Phi) is 12.3. The first-order chi connectivity index (χ1) is 19.7. The van der Waals surface area contributed by atoms with Crippen LogP contribution in [0, 0.1) is 5.41 Å². The number of nitrogens with one attached hydrogen (secondary N) is 2. The number of nitrogens with two attached hydrogens (primary N) is 4. The molecule has 19 heteroatoms. The molecule has 3 fully saturated rings. The lowest BCUT2D eigenvalue weighted by Crippen LogP contribution is -2.69. The standard InChI is InChI=1S/C23H44N6O13/c24-4-9-14(33)16(35)17(36)23(39-9)41-19-6(25)3-7(29-21(38)8(31)1-2-11(26)27)20(18(19)37)42-22-15(34)12(28)13(32)10(5-30)40-22/h6-10,12-20,22-23,30-37H,1-5,24-25,28H2,(H3,26,27)(H,29,38)/t6-,7+,8?,9+,10+,12-,13+,14+,15+,16-,17+,18-,19+,20-,22+,23+/m0/s1. The average Bonchev–Trinajstić information content (AvgIpc) is 2.95. The van der Waals surface area contributed by atoms with E-state index in [4.69, 9.17) is 47.3 Å². The van der Waals surface area contributed by atoms with Crippen LogP contribution in [-0.2, 0) is 23.7 Å². The van der Waals surface area contributed by atoms with Gasteiger partial charge in [-0.1, -0.05) is 0 Å². The van der Waals surface area contributed by atoms with Gasteiger partial charge in [0, 0.05) is 19.0 Å². The first-order valence-electron chi connectivity index (χ1n) is 13.5. The Morgan fingerprint density at radius 2 is 1.50 bits per heavy atom. The first-order valence-corrected chi connectivity index (χ1v) is 13.5. The van der Waals surface area contributed by atoms with E-state index in [1.165, 1.54) is 0 Å². The van der Waals surface area contributed by atoms with E-state index < -0.39 is 110 Å². The number of carbonyl (C=O) groups excluding carboxylic acids is 1. The van der Waals surface area contributed by atoms with E-state index >= 15 is 0 Å². The van der Waals surface area contributed by atoms with E-state index in [1.54, 1.807) is 0 Å². The van der Waals surface area contributed by atoms with Crippen LogP contribution in [-0.4, -0.2) is 164 Å². The van der Waals surface area contributed by atoms with Crippen molar-refractivity contribution in [3.05, 3.63) is 0 Å². The van der Waals surface area contributed by atoms with E-state index in [1.807, 2.05) is 0 Å². The molecule has 0 aromatic rings. The summed E-state index contributed by atoms with van der Waals surface area (Å²) in [6.07, 6.45) is -20.4. The predicted octanol–water partition coefficient (Wildman–Crippen LogP) is -8.06. The second-order valence-electron chi connectivity index (χ2n) is 10.8. The van der Waals surface area contributed by atoms with Crippen molar-refractivity contribution in [1.82, 2.24) is 5.32 Å². The minimum absolute atomic E-state index is 0.0733. The third-order valence-electron chi connectivity index (χ3n) is 7.76. The quantitative estimate of drug-likeness (QED) is 0.0760. The molecule has 3 rings (SSSR count). The van der Waals surface area contributed by atoms with Gasteiger partial charge in [0.25, 0.3) is 0 Å². The predicted molar refractivity (Wildman–Crippen MR) is 139 cm³/mol. The molecule has 2 heterocycles. The summed E-state index contributed by atoms with van der Waals surface area (Å²) in [4.78, 5) is 12.7. The fourth-order valence-electron chi connectivity index (χ4n) is 5.20. The summed E-state index contributed by atoms with van der Waals surface area (Å²) in [6, 6.07) is -3.56. The maximum Gasteiger partial charge on any atom is 0.249 e. The van der Waals surface area contributed by atoms with Crippen molar-refractivity contribution in [2.75, 3.05) is 13.2 Å². The van der Waals surface area contributed by atoms with Crippen LogP contribution < -0.4 is 28.3 Å². The van der Waals surface area contributed by atoms with Crippen LogP contribution in [0.2, 0.25) is 0 Å². The third-order valence-corrected chi connectivity index (χ3v) is 7.76. The molecule has 42 heavy (non-hydrogen) atoms. The lowest BCUT2D eigenvalue weighted by atomic mass is 9.83. The van der Waals surface area contributed by atoms with Crippen molar-refractivity contribution in [2.45, 2.75) is 117 Å². The Hall–Kier alpha value is -1.66. The number of hydrogen-bond acceptors (Lipinski definition) is 17.